The minimum absolute atomic E-state index is 0.146. The third kappa shape index (κ3) is 1.93. The second-order valence-electron chi connectivity index (χ2n) is 4.36. The van der Waals surface area contributed by atoms with E-state index in [1.807, 2.05) is 0 Å². The summed E-state index contributed by atoms with van der Waals surface area (Å²) in [5, 5.41) is 0. The first-order valence-electron chi connectivity index (χ1n) is 6.01. The van der Waals surface area contributed by atoms with E-state index in [-0.39, 0.29) is 6.29 Å². The second-order valence-corrected chi connectivity index (χ2v) is 4.36. The Morgan fingerprint density at radius 1 is 0.938 bits per heavy atom. The number of hydrogen-bond acceptors (Lipinski definition) is 3. The van der Waals surface area contributed by atoms with Crippen LogP contribution in [0.3, 0.4) is 0 Å². The standard InChI is InChI=1S/C13H17NO2/c1-2-8-14(7-1)12-5-3-11(4-6-12)13-15-9-10-16-13/h3-6,13H,1-2,7-10H2. The van der Waals surface area contributed by atoms with E-state index in [0.29, 0.717) is 13.2 Å². The van der Waals surface area contributed by atoms with E-state index < -0.39 is 0 Å². The highest BCUT2D eigenvalue weighted by molar-refractivity contribution is 5.48. The Morgan fingerprint density at radius 2 is 1.56 bits per heavy atom. The molecule has 0 atom stereocenters. The van der Waals surface area contributed by atoms with Crippen LogP contribution < -0.4 is 4.90 Å². The van der Waals surface area contributed by atoms with Crippen molar-refractivity contribution in [3.63, 3.8) is 0 Å². The summed E-state index contributed by atoms with van der Waals surface area (Å²) in [4.78, 5) is 2.43. The molecule has 2 aliphatic heterocycles. The molecule has 3 nitrogen and oxygen atoms in total. The van der Waals surface area contributed by atoms with Crippen molar-refractivity contribution in [2.45, 2.75) is 19.1 Å². The highest BCUT2D eigenvalue weighted by Gasteiger charge is 2.18. The highest BCUT2D eigenvalue weighted by Crippen LogP contribution is 2.26. The first-order valence-corrected chi connectivity index (χ1v) is 6.01. The van der Waals surface area contributed by atoms with Crippen LogP contribution in [0.1, 0.15) is 24.7 Å². The molecule has 86 valence electrons. The largest absolute Gasteiger partial charge is 0.372 e. The van der Waals surface area contributed by atoms with Crippen LogP contribution in [0.15, 0.2) is 24.3 Å². The molecule has 0 N–H and O–H groups in total. The van der Waals surface area contributed by atoms with Crippen molar-refractivity contribution in [3.8, 4) is 0 Å². The summed E-state index contributed by atoms with van der Waals surface area (Å²) in [5.41, 5.74) is 2.44. The van der Waals surface area contributed by atoms with Crippen LogP contribution in [0.25, 0.3) is 0 Å². The van der Waals surface area contributed by atoms with Crippen LogP contribution in [-0.2, 0) is 9.47 Å². The van der Waals surface area contributed by atoms with Gasteiger partial charge in [-0.15, -0.1) is 0 Å². The summed E-state index contributed by atoms with van der Waals surface area (Å²) in [5.74, 6) is 0. The molecular formula is C13H17NO2. The van der Waals surface area contributed by atoms with E-state index in [1.165, 1.54) is 31.6 Å². The van der Waals surface area contributed by atoms with Crippen molar-refractivity contribution >= 4 is 5.69 Å². The van der Waals surface area contributed by atoms with Crippen LogP contribution in [-0.4, -0.2) is 26.3 Å². The lowest BCUT2D eigenvalue weighted by Crippen LogP contribution is -2.17. The molecule has 2 heterocycles. The van der Waals surface area contributed by atoms with Gasteiger partial charge in [-0.2, -0.15) is 0 Å². The van der Waals surface area contributed by atoms with Gasteiger partial charge in [0.1, 0.15) is 0 Å². The van der Waals surface area contributed by atoms with Crippen LogP contribution >= 0.6 is 0 Å². The Bertz CT molecular complexity index is 302. The van der Waals surface area contributed by atoms with E-state index in [0.717, 1.165) is 5.56 Å². The molecule has 1 aromatic carbocycles. The van der Waals surface area contributed by atoms with Crippen LogP contribution in [0.4, 0.5) is 5.69 Å². The van der Waals surface area contributed by atoms with Crippen LogP contribution in [0.5, 0.6) is 0 Å². The number of anilines is 1. The third-order valence-electron chi connectivity index (χ3n) is 3.26. The van der Waals surface area contributed by atoms with Gasteiger partial charge in [-0.3, -0.25) is 0 Å². The quantitative estimate of drug-likeness (QED) is 0.762. The zero-order chi connectivity index (χ0) is 10.8. The molecular weight excluding hydrogens is 202 g/mol. The van der Waals surface area contributed by atoms with Crippen molar-refractivity contribution in [2.24, 2.45) is 0 Å². The molecule has 0 spiro atoms. The maximum absolute atomic E-state index is 5.47. The van der Waals surface area contributed by atoms with Gasteiger partial charge in [0, 0.05) is 24.3 Å². The number of ether oxygens (including phenoxy) is 2. The van der Waals surface area contributed by atoms with Gasteiger partial charge in [-0.25, -0.2) is 0 Å². The van der Waals surface area contributed by atoms with Crippen molar-refractivity contribution in [1.29, 1.82) is 0 Å². The van der Waals surface area contributed by atoms with Crippen molar-refractivity contribution in [2.75, 3.05) is 31.2 Å². The monoisotopic (exact) mass is 219 g/mol. The number of rotatable bonds is 2. The first kappa shape index (κ1) is 10.1. The second kappa shape index (κ2) is 4.44. The van der Waals surface area contributed by atoms with Crippen molar-refractivity contribution in [3.05, 3.63) is 29.8 Å². The van der Waals surface area contributed by atoms with Gasteiger partial charge in [-0.1, -0.05) is 12.1 Å². The van der Waals surface area contributed by atoms with E-state index in [2.05, 4.69) is 29.2 Å². The predicted octanol–water partition coefficient (Wildman–Crippen LogP) is 2.33. The fourth-order valence-corrected chi connectivity index (χ4v) is 2.37. The summed E-state index contributed by atoms with van der Waals surface area (Å²) in [6, 6.07) is 8.57. The SMILES string of the molecule is c1cc(N2CCCC2)ccc1C1OCCO1. The predicted molar refractivity (Wildman–Crippen MR) is 62.5 cm³/mol. The lowest BCUT2D eigenvalue weighted by atomic mass is 10.2. The zero-order valence-corrected chi connectivity index (χ0v) is 9.39. The Morgan fingerprint density at radius 3 is 2.19 bits per heavy atom. The lowest BCUT2D eigenvalue weighted by molar-refractivity contribution is -0.0441. The van der Waals surface area contributed by atoms with Gasteiger partial charge in [0.05, 0.1) is 13.2 Å². The molecule has 3 rings (SSSR count). The zero-order valence-electron chi connectivity index (χ0n) is 9.39. The fourth-order valence-electron chi connectivity index (χ4n) is 2.37. The molecule has 3 heteroatoms. The van der Waals surface area contributed by atoms with E-state index >= 15 is 0 Å². The Balaban J connectivity index is 1.73. The van der Waals surface area contributed by atoms with Crippen LogP contribution in [0, 0.1) is 0 Å². The number of nitrogens with zero attached hydrogens (tertiary/aromatic N) is 1. The molecule has 1 aromatic rings. The molecule has 16 heavy (non-hydrogen) atoms. The minimum atomic E-state index is -0.146. The fraction of sp³-hybridized carbons (Fsp3) is 0.538. The summed E-state index contributed by atoms with van der Waals surface area (Å²) >= 11 is 0. The van der Waals surface area contributed by atoms with Gasteiger partial charge in [0.25, 0.3) is 0 Å². The average Bonchev–Trinajstić information content (AvgIpc) is 3.03. The Kier molecular flexibility index (Phi) is 2.80. The van der Waals surface area contributed by atoms with E-state index in [9.17, 15) is 0 Å². The lowest BCUT2D eigenvalue weighted by Gasteiger charge is -2.18. The van der Waals surface area contributed by atoms with Gasteiger partial charge >= 0.3 is 0 Å². The summed E-state index contributed by atoms with van der Waals surface area (Å²) in [7, 11) is 0. The molecule has 2 saturated heterocycles. The number of hydrogen-bond donors (Lipinski definition) is 0. The topological polar surface area (TPSA) is 21.7 Å². The molecule has 0 unspecified atom stereocenters. The van der Waals surface area contributed by atoms with E-state index in [1.54, 1.807) is 0 Å². The number of benzene rings is 1. The van der Waals surface area contributed by atoms with E-state index in [4.69, 9.17) is 9.47 Å². The summed E-state index contributed by atoms with van der Waals surface area (Å²) in [6.45, 7) is 3.79. The highest BCUT2D eigenvalue weighted by atomic mass is 16.7. The van der Waals surface area contributed by atoms with Gasteiger partial charge in [-0.05, 0) is 25.0 Å². The minimum Gasteiger partial charge on any atom is -0.372 e. The smallest absolute Gasteiger partial charge is 0.184 e. The maximum Gasteiger partial charge on any atom is 0.184 e. The van der Waals surface area contributed by atoms with Crippen molar-refractivity contribution in [1.82, 2.24) is 0 Å². The van der Waals surface area contributed by atoms with Gasteiger partial charge < -0.3 is 14.4 Å². The van der Waals surface area contributed by atoms with Gasteiger partial charge in [0.15, 0.2) is 6.29 Å². The molecule has 0 aliphatic carbocycles. The average molecular weight is 219 g/mol. The Hall–Kier alpha value is -1.06. The normalized spacial score (nSPS) is 21.9. The molecule has 0 aromatic heterocycles. The summed E-state index contributed by atoms with van der Waals surface area (Å²) < 4.78 is 10.9. The van der Waals surface area contributed by atoms with Crippen LogP contribution in [0.2, 0.25) is 0 Å². The molecule has 0 saturated carbocycles. The van der Waals surface area contributed by atoms with Gasteiger partial charge in [0.2, 0.25) is 0 Å². The molecule has 0 amide bonds. The molecule has 2 fully saturated rings. The Labute approximate surface area is 96.0 Å². The maximum atomic E-state index is 5.47. The summed E-state index contributed by atoms with van der Waals surface area (Å²) in [6.07, 6.45) is 2.49. The van der Waals surface area contributed by atoms with Crippen molar-refractivity contribution < 1.29 is 9.47 Å². The molecule has 0 bridgehead atoms. The third-order valence-corrected chi connectivity index (χ3v) is 3.26. The molecule has 0 radical (unpaired) electrons. The molecule has 2 aliphatic rings. The first-order chi connectivity index (χ1) is 7.93.